The Morgan fingerprint density at radius 2 is 1.64 bits per heavy atom. The second-order valence-corrected chi connectivity index (χ2v) is 11.0. The van der Waals surface area contributed by atoms with Gasteiger partial charge in [-0.05, 0) is 67.1 Å². The van der Waals surface area contributed by atoms with Gasteiger partial charge < -0.3 is 16.0 Å². The number of carbonyl (C=O) groups excluding carboxylic acids is 3. The molecule has 4 rings (SSSR count). The fourth-order valence-electron chi connectivity index (χ4n) is 3.96. The molecule has 0 saturated heterocycles. The topological polar surface area (TPSA) is 130 Å². The third kappa shape index (κ3) is 8.52. The van der Waals surface area contributed by atoms with Gasteiger partial charge in [-0.3, -0.25) is 24.5 Å². The Morgan fingerprint density at radius 1 is 0.932 bits per heavy atom. The lowest BCUT2D eigenvalue weighted by Gasteiger charge is -2.16. The summed E-state index contributed by atoms with van der Waals surface area (Å²) in [5.74, 6) is -2.27. The molecule has 9 nitrogen and oxygen atoms in total. The van der Waals surface area contributed by atoms with E-state index in [1.165, 1.54) is 60.3 Å². The van der Waals surface area contributed by atoms with E-state index in [9.17, 15) is 28.9 Å². The fraction of sp³-hybridized carbons (Fsp3) is 0.0938. The highest BCUT2D eigenvalue weighted by Crippen LogP contribution is 2.29. The molecular formula is C32H26ClFN4O5S. The average molecular weight is 633 g/mol. The van der Waals surface area contributed by atoms with E-state index in [0.717, 1.165) is 0 Å². The molecule has 0 saturated carbocycles. The third-order valence-electron chi connectivity index (χ3n) is 6.20. The molecular weight excluding hydrogens is 607 g/mol. The number of benzene rings is 4. The lowest BCUT2D eigenvalue weighted by Crippen LogP contribution is -2.30. The Bertz CT molecular complexity index is 1700. The Morgan fingerprint density at radius 3 is 2.30 bits per heavy atom. The summed E-state index contributed by atoms with van der Waals surface area (Å²) in [7, 11) is 0. The highest BCUT2D eigenvalue weighted by atomic mass is 35.5. The van der Waals surface area contributed by atoms with Crippen LogP contribution in [-0.2, 0) is 9.59 Å². The van der Waals surface area contributed by atoms with Crippen LogP contribution in [0.3, 0.4) is 0 Å². The number of nitrogens with one attached hydrogen (secondary N) is 3. The number of hydrogen-bond donors (Lipinski definition) is 3. The number of carbonyl (C=O) groups is 3. The quantitative estimate of drug-likeness (QED) is 0.0688. The van der Waals surface area contributed by atoms with Gasteiger partial charge in [0.05, 0.1) is 15.2 Å². The number of thioether (sulfide) groups is 1. The zero-order valence-corrected chi connectivity index (χ0v) is 24.8. The van der Waals surface area contributed by atoms with Crippen LogP contribution in [0.15, 0.2) is 108 Å². The highest BCUT2D eigenvalue weighted by molar-refractivity contribution is 8.00. The minimum atomic E-state index is -0.723. The van der Waals surface area contributed by atoms with Gasteiger partial charge in [0, 0.05) is 39.5 Å². The molecule has 224 valence electrons. The summed E-state index contributed by atoms with van der Waals surface area (Å²) in [6.07, 6.45) is 1.64. The Kier molecular flexibility index (Phi) is 10.8. The van der Waals surface area contributed by atoms with Crippen molar-refractivity contribution in [2.75, 3.05) is 10.6 Å². The normalized spacial score (nSPS) is 11.8. The van der Waals surface area contributed by atoms with Gasteiger partial charge in [0.25, 0.3) is 17.5 Å². The molecule has 0 bridgehead atoms. The zero-order chi connectivity index (χ0) is 31.6. The van der Waals surface area contributed by atoms with Gasteiger partial charge in [0.1, 0.15) is 11.5 Å². The van der Waals surface area contributed by atoms with E-state index in [-0.39, 0.29) is 27.9 Å². The van der Waals surface area contributed by atoms with E-state index >= 15 is 0 Å². The van der Waals surface area contributed by atoms with Crippen LogP contribution in [0.5, 0.6) is 0 Å². The molecule has 0 aliphatic heterocycles. The summed E-state index contributed by atoms with van der Waals surface area (Å²) in [5.41, 5.74) is 0.692. The molecule has 0 aromatic heterocycles. The van der Waals surface area contributed by atoms with E-state index in [1.807, 2.05) is 6.92 Å². The van der Waals surface area contributed by atoms with E-state index in [4.69, 9.17) is 11.6 Å². The van der Waals surface area contributed by atoms with Gasteiger partial charge in [0.15, 0.2) is 0 Å². The minimum Gasteiger partial charge on any atom is -0.325 e. The molecule has 0 fully saturated rings. The first-order valence-corrected chi connectivity index (χ1v) is 14.6. The number of non-ortho nitro benzene ring substituents is 1. The molecule has 0 spiro atoms. The van der Waals surface area contributed by atoms with Crippen molar-refractivity contribution in [2.24, 2.45) is 0 Å². The molecule has 44 heavy (non-hydrogen) atoms. The van der Waals surface area contributed by atoms with Crippen molar-refractivity contribution in [1.29, 1.82) is 0 Å². The van der Waals surface area contributed by atoms with Crippen molar-refractivity contribution in [3.63, 3.8) is 0 Å². The average Bonchev–Trinajstić information content (AvgIpc) is 3.01. The molecule has 0 aliphatic rings. The van der Waals surface area contributed by atoms with Crippen molar-refractivity contribution < 1.29 is 23.7 Å². The van der Waals surface area contributed by atoms with E-state index in [0.29, 0.717) is 28.3 Å². The lowest BCUT2D eigenvalue weighted by atomic mass is 10.1. The molecule has 3 amide bonds. The summed E-state index contributed by atoms with van der Waals surface area (Å²) in [5, 5.41) is 18.5. The smallest absolute Gasteiger partial charge is 0.272 e. The summed E-state index contributed by atoms with van der Waals surface area (Å²) < 4.78 is 14.6. The van der Waals surface area contributed by atoms with Gasteiger partial charge >= 0.3 is 0 Å². The van der Waals surface area contributed by atoms with Crippen LogP contribution in [0.4, 0.5) is 21.5 Å². The second kappa shape index (κ2) is 14.9. The highest BCUT2D eigenvalue weighted by Gasteiger charge is 2.20. The first-order chi connectivity index (χ1) is 21.1. The summed E-state index contributed by atoms with van der Waals surface area (Å²) >= 11 is 7.44. The Labute approximate surface area is 261 Å². The maximum atomic E-state index is 14.6. The summed E-state index contributed by atoms with van der Waals surface area (Å²) in [4.78, 5) is 50.3. The molecule has 3 N–H and O–H groups in total. The summed E-state index contributed by atoms with van der Waals surface area (Å²) in [6, 6.07) is 24.6. The number of nitro groups is 1. The zero-order valence-electron chi connectivity index (χ0n) is 23.3. The summed E-state index contributed by atoms with van der Waals surface area (Å²) in [6.45, 7) is 1.85. The predicted molar refractivity (Wildman–Crippen MR) is 170 cm³/mol. The first-order valence-electron chi connectivity index (χ1n) is 13.3. The van der Waals surface area contributed by atoms with Crippen molar-refractivity contribution in [3.8, 4) is 0 Å². The number of nitro benzene ring substituents is 1. The Balaban J connectivity index is 1.51. The van der Waals surface area contributed by atoms with Crippen LogP contribution in [0, 0.1) is 15.9 Å². The van der Waals surface area contributed by atoms with Crippen LogP contribution in [-0.4, -0.2) is 27.9 Å². The largest absolute Gasteiger partial charge is 0.325 e. The number of hydrogen-bond acceptors (Lipinski definition) is 6. The first kappa shape index (κ1) is 31.9. The van der Waals surface area contributed by atoms with Crippen molar-refractivity contribution >= 4 is 64.2 Å². The van der Waals surface area contributed by atoms with Crippen LogP contribution < -0.4 is 16.0 Å². The maximum absolute atomic E-state index is 14.6. The van der Waals surface area contributed by atoms with Crippen molar-refractivity contribution in [3.05, 3.63) is 135 Å². The van der Waals surface area contributed by atoms with E-state index in [2.05, 4.69) is 16.0 Å². The minimum absolute atomic E-state index is 0.0558. The van der Waals surface area contributed by atoms with E-state index in [1.54, 1.807) is 54.6 Å². The third-order valence-corrected chi connectivity index (χ3v) is 7.88. The van der Waals surface area contributed by atoms with E-state index < -0.39 is 27.8 Å². The maximum Gasteiger partial charge on any atom is 0.272 e. The number of halogens is 2. The van der Waals surface area contributed by atoms with Gasteiger partial charge in [0.2, 0.25) is 5.91 Å². The SMILES string of the molecule is CCC(Sc1cccc(NC(=O)/C(=C\c2c(F)cccc2Cl)NC(=O)c2ccccc2)c1)C(=O)Nc1ccc([N+](=O)[O-])cc1. The molecule has 1 unspecified atom stereocenters. The number of nitrogens with zero attached hydrogens (tertiary/aromatic N) is 1. The van der Waals surface area contributed by atoms with Crippen LogP contribution >= 0.6 is 23.4 Å². The monoisotopic (exact) mass is 632 g/mol. The molecule has 0 aliphatic carbocycles. The second-order valence-electron chi connectivity index (χ2n) is 9.30. The van der Waals surface area contributed by atoms with Gasteiger partial charge in [-0.15, -0.1) is 11.8 Å². The predicted octanol–water partition coefficient (Wildman–Crippen LogP) is 7.31. The van der Waals surface area contributed by atoms with Crippen molar-refractivity contribution in [1.82, 2.24) is 5.32 Å². The number of amides is 3. The molecule has 4 aromatic rings. The molecule has 0 heterocycles. The van der Waals surface area contributed by atoms with Gasteiger partial charge in [-0.2, -0.15) is 0 Å². The van der Waals surface area contributed by atoms with Crippen LogP contribution in [0.2, 0.25) is 5.02 Å². The van der Waals surface area contributed by atoms with Gasteiger partial charge in [-0.25, -0.2) is 4.39 Å². The molecule has 1 atom stereocenters. The van der Waals surface area contributed by atoms with Crippen LogP contribution in [0.1, 0.15) is 29.3 Å². The number of anilines is 2. The lowest BCUT2D eigenvalue weighted by molar-refractivity contribution is -0.384. The van der Waals surface area contributed by atoms with Gasteiger partial charge in [-0.1, -0.05) is 48.9 Å². The fourth-order valence-corrected chi connectivity index (χ4v) is 5.19. The van der Waals surface area contributed by atoms with Crippen LogP contribution in [0.25, 0.3) is 6.08 Å². The molecule has 4 aromatic carbocycles. The molecule has 0 radical (unpaired) electrons. The number of rotatable bonds is 11. The Hall–Kier alpha value is -5.00. The standard InChI is InChI=1S/C32H26ClFN4O5S/c1-2-29(32(41)35-21-14-16-23(17-15-21)38(42)43)44-24-11-6-10-22(18-24)36-31(40)28(19-25-26(33)12-7-13-27(25)34)37-30(39)20-8-4-3-5-9-20/h3-19,29H,2H2,1H3,(H,35,41)(H,36,40)(H,37,39)/b28-19+. The molecule has 12 heteroatoms. The van der Waals surface area contributed by atoms with Crippen molar-refractivity contribution in [2.45, 2.75) is 23.5 Å².